The van der Waals surface area contributed by atoms with Crippen molar-refractivity contribution in [1.29, 1.82) is 0 Å². The molecule has 0 aliphatic carbocycles. The first-order valence-corrected chi connectivity index (χ1v) is 10.3. The van der Waals surface area contributed by atoms with Crippen LogP contribution in [0, 0.1) is 0 Å². The molecular formula is C26H22N2O4. The van der Waals surface area contributed by atoms with Crippen LogP contribution in [0.15, 0.2) is 88.4 Å². The molecule has 6 nitrogen and oxygen atoms in total. The number of carbonyl (C=O) groups excluding carboxylic acids is 2. The molecule has 1 heterocycles. The monoisotopic (exact) mass is 426 g/mol. The van der Waals surface area contributed by atoms with Crippen molar-refractivity contribution in [2.75, 3.05) is 6.61 Å². The average molecular weight is 426 g/mol. The second-order valence-corrected chi connectivity index (χ2v) is 7.11. The number of carbonyl (C=O) groups is 2. The van der Waals surface area contributed by atoms with Gasteiger partial charge >= 0.3 is 5.97 Å². The number of furan rings is 1. The summed E-state index contributed by atoms with van der Waals surface area (Å²) in [4.78, 5) is 24.3. The minimum absolute atomic E-state index is 0.216. The van der Waals surface area contributed by atoms with E-state index < -0.39 is 0 Å². The number of amides is 1. The number of esters is 1. The van der Waals surface area contributed by atoms with Gasteiger partial charge in [-0.2, -0.15) is 5.10 Å². The van der Waals surface area contributed by atoms with Gasteiger partial charge < -0.3 is 9.15 Å². The van der Waals surface area contributed by atoms with Crippen LogP contribution in [0.3, 0.4) is 0 Å². The molecule has 0 bridgehead atoms. The average Bonchev–Trinajstić information content (AvgIpc) is 3.29. The number of hydrogen-bond acceptors (Lipinski definition) is 5. The molecule has 1 amide bonds. The van der Waals surface area contributed by atoms with E-state index in [4.69, 9.17) is 9.15 Å². The van der Waals surface area contributed by atoms with E-state index in [9.17, 15) is 9.59 Å². The third kappa shape index (κ3) is 4.92. The molecule has 32 heavy (non-hydrogen) atoms. The Kier molecular flexibility index (Phi) is 6.41. The summed E-state index contributed by atoms with van der Waals surface area (Å²) in [5.41, 5.74) is 4.68. The summed E-state index contributed by atoms with van der Waals surface area (Å²) in [5.74, 6) is 0.467. The summed E-state index contributed by atoms with van der Waals surface area (Å²) in [7, 11) is 0. The third-order valence-corrected chi connectivity index (χ3v) is 4.90. The van der Waals surface area contributed by atoms with E-state index in [0.29, 0.717) is 23.7 Å². The lowest BCUT2D eigenvalue weighted by molar-refractivity contribution is -0.120. The number of hydrazone groups is 1. The zero-order chi connectivity index (χ0) is 22.3. The lowest BCUT2D eigenvalue weighted by Crippen LogP contribution is -2.19. The molecule has 0 aliphatic heterocycles. The Morgan fingerprint density at radius 1 is 1.00 bits per heavy atom. The Bertz CT molecular complexity index is 1280. The van der Waals surface area contributed by atoms with Crippen LogP contribution in [-0.2, 0) is 16.0 Å². The SMILES string of the molecule is CCOC(=O)c1cccc(-c2ccc(/C=N\NC(=O)Cc3cccc4ccccc34)o2)c1. The first-order valence-electron chi connectivity index (χ1n) is 10.3. The van der Waals surface area contributed by atoms with Crippen LogP contribution in [-0.4, -0.2) is 24.7 Å². The van der Waals surface area contributed by atoms with Crippen LogP contribution in [0.2, 0.25) is 0 Å². The number of rotatable bonds is 7. The minimum Gasteiger partial charge on any atom is -0.462 e. The molecule has 0 fully saturated rings. The minimum atomic E-state index is -0.378. The summed E-state index contributed by atoms with van der Waals surface area (Å²) in [6.07, 6.45) is 1.67. The van der Waals surface area contributed by atoms with Gasteiger partial charge in [-0.3, -0.25) is 4.79 Å². The maximum Gasteiger partial charge on any atom is 0.338 e. The van der Waals surface area contributed by atoms with Gasteiger partial charge in [0.25, 0.3) is 0 Å². The van der Waals surface area contributed by atoms with Crippen LogP contribution >= 0.6 is 0 Å². The molecule has 0 saturated heterocycles. The van der Waals surface area contributed by atoms with Crippen LogP contribution < -0.4 is 5.43 Å². The number of nitrogens with one attached hydrogen (secondary N) is 1. The van der Waals surface area contributed by atoms with Crippen molar-refractivity contribution >= 4 is 28.9 Å². The van der Waals surface area contributed by atoms with Crippen molar-refractivity contribution < 1.29 is 18.7 Å². The summed E-state index contributed by atoms with van der Waals surface area (Å²) in [5, 5.41) is 6.15. The fraction of sp³-hybridized carbons (Fsp3) is 0.115. The fourth-order valence-corrected chi connectivity index (χ4v) is 3.42. The van der Waals surface area contributed by atoms with Crippen molar-refractivity contribution in [3.05, 3.63) is 95.7 Å². The Labute approximate surface area is 185 Å². The van der Waals surface area contributed by atoms with Gasteiger partial charge in [-0.15, -0.1) is 0 Å². The maximum atomic E-state index is 12.3. The third-order valence-electron chi connectivity index (χ3n) is 4.90. The van der Waals surface area contributed by atoms with E-state index in [0.717, 1.165) is 21.9 Å². The number of fused-ring (bicyclic) bond motifs is 1. The van der Waals surface area contributed by atoms with Crippen molar-refractivity contribution in [2.45, 2.75) is 13.3 Å². The Morgan fingerprint density at radius 3 is 2.69 bits per heavy atom. The summed E-state index contributed by atoms with van der Waals surface area (Å²) in [6.45, 7) is 2.08. The largest absolute Gasteiger partial charge is 0.462 e. The Balaban J connectivity index is 1.39. The lowest BCUT2D eigenvalue weighted by atomic mass is 10.0. The van der Waals surface area contributed by atoms with E-state index >= 15 is 0 Å². The van der Waals surface area contributed by atoms with Crippen LogP contribution in [0.5, 0.6) is 0 Å². The molecule has 0 unspecified atom stereocenters. The molecular weight excluding hydrogens is 404 g/mol. The molecule has 3 aromatic carbocycles. The molecule has 0 atom stereocenters. The predicted molar refractivity (Wildman–Crippen MR) is 123 cm³/mol. The molecule has 6 heteroatoms. The second-order valence-electron chi connectivity index (χ2n) is 7.11. The van der Waals surface area contributed by atoms with Crippen molar-refractivity contribution in [1.82, 2.24) is 5.43 Å². The van der Waals surface area contributed by atoms with Gasteiger partial charge in [-0.05, 0) is 47.5 Å². The van der Waals surface area contributed by atoms with Gasteiger partial charge in [0, 0.05) is 5.56 Å². The standard InChI is InChI=1S/C26H22N2O4/c1-2-31-26(30)21-11-6-10-20(15-21)24-14-13-22(32-24)17-27-28-25(29)16-19-9-5-8-18-7-3-4-12-23(18)19/h3-15,17H,2,16H2,1H3,(H,28,29)/b27-17-. The molecule has 4 rings (SSSR count). The molecule has 0 saturated carbocycles. The molecule has 0 radical (unpaired) electrons. The van der Waals surface area contributed by atoms with Gasteiger partial charge in [-0.1, -0.05) is 54.6 Å². The Hall–Kier alpha value is -4.19. The number of benzene rings is 3. The van der Waals surface area contributed by atoms with E-state index in [1.54, 1.807) is 37.3 Å². The van der Waals surface area contributed by atoms with Crippen molar-refractivity contribution in [3.8, 4) is 11.3 Å². The lowest BCUT2D eigenvalue weighted by Gasteiger charge is -2.05. The number of ether oxygens (including phenoxy) is 1. The summed E-state index contributed by atoms with van der Waals surface area (Å²) >= 11 is 0. The predicted octanol–water partition coefficient (Wildman–Crippen LogP) is 4.97. The molecule has 160 valence electrons. The molecule has 0 spiro atoms. The fourth-order valence-electron chi connectivity index (χ4n) is 3.42. The van der Waals surface area contributed by atoms with Crippen LogP contribution in [0.4, 0.5) is 0 Å². The zero-order valence-electron chi connectivity index (χ0n) is 17.6. The van der Waals surface area contributed by atoms with Gasteiger partial charge in [0.2, 0.25) is 5.91 Å². The zero-order valence-corrected chi connectivity index (χ0v) is 17.6. The summed E-state index contributed by atoms with van der Waals surface area (Å²) in [6, 6.07) is 24.4. The van der Waals surface area contributed by atoms with E-state index in [2.05, 4.69) is 10.5 Å². The highest BCUT2D eigenvalue weighted by Gasteiger charge is 2.10. The summed E-state index contributed by atoms with van der Waals surface area (Å²) < 4.78 is 10.8. The molecule has 0 aliphatic rings. The molecule has 4 aromatic rings. The van der Waals surface area contributed by atoms with Crippen LogP contribution in [0.25, 0.3) is 22.1 Å². The second kappa shape index (κ2) is 9.75. The van der Waals surface area contributed by atoms with E-state index in [1.165, 1.54) is 6.21 Å². The topological polar surface area (TPSA) is 80.9 Å². The highest BCUT2D eigenvalue weighted by molar-refractivity contribution is 5.91. The highest BCUT2D eigenvalue weighted by atomic mass is 16.5. The van der Waals surface area contributed by atoms with Gasteiger partial charge in [0.05, 0.1) is 24.8 Å². The smallest absolute Gasteiger partial charge is 0.338 e. The van der Waals surface area contributed by atoms with E-state index in [1.807, 2.05) is 48.5 Å². The van der Waals surface area contributed by atoms with Crippen molar-refractivity contribution in [3.63, 3.8) is 0 Å². The van der Waals surface area contributed by atoms with Gasteiger partial charge in [0.1, 0.15) is 11.5 Å². The van der Waals surface area contributed by atoms with Gasteiger partial charge in [-0.25, -0.2) is 10.2 Å². The maximum absolute atomic E-state index is 12.3. The first-order chi connectivity index (χ1) is 15.6. The van der Waals surface area contributed by atoms with Crippen LogP contribution in [0.1, 0.15) is 28.6 Å². The van der Waals surface area contributed by atoms with E-state index in [-0.39, 0.29) is 18.3 Å². The first kappa shape index (κ1) is 21.1. The molecule has 1 N–H and O–H groups in total. The highest BCUT2D eigenvalue weighted by Crippen LogP contribution is 2.23. The molecule has 1 aromatic heterocycles. The number of hydrogen-bond donors (Lipinski definition) is 1. The van der Waals surface area contributed by atoms with Gasteiger partial charge in [0.15, 0.2) is 0 Å². The Morgan fingerprint density at radius 2 is 1.81 bits per heavy atom. The quantitative estimate of drug-likeness (QED) is 0.257. The van der Waals surface area contributed by atoms with Crippen molar-refractivity contribution in [2.24, 2.45) is 5.10 Å². The number of nitrogens with zero attached hydrogens (tertiary/aromatic N) is 1. The normalized spacial score (nSPS) is 11.0.